The van der Waals surface area contributed by atoms with Gasteiger partial charge in [-0.2, -0.15) is 0 Å². The van der Waals surface area contributed by atoms with E-state index in [9.17, 15) is 9.59 Å². The van der Waals surface area contributed by atoms with Gasteiger partial charge in [0.05, 0.1) is 5.70 Å². The van der Waals surface area contributed by atoms with Gasteiger partial charge in [0.1, 0.15) is 0 Å². The third kappa shape index (κ3) is 3.20. The van der Waals surface area contributed by atoms with Crippen molar-refractivity contribution in [2.45, 2.75) is 33.2 Å². The first-order chi connectivity index (χ1) is 11.1. The molecule has 1 saturated heterocycles. The normalized spacial score (nSPS) is 16.7. The zero-order valence-corrected chi connectivity index (χ0v) is 14.2. The molecule has 1 amide bonds. The average molecular weight is 328 g/mol. The van der Waals surface area contributed by atoms with Crippen LogP contribution in [-0.2, 0) is 11.3 Å². The molecule has 1 aromatic carbocycles. The number of rotatable bonds is 5. The Morgan fingerprint density at radius 1 is 1.22 bits per heavy atom. The maximum Gasteiger partial charge on any atom is 0.291 e. The van der Waals surface area contributed by atoms with Crippen LogP contribution >= 0.6 is 11.8 Å². The van der Waals surface area contributed by atoms with Crippen LogP contribution < -0.4 is 5.32 Å². The van der Waals surface area contributed by atoms with Crippen LogP contribution in [0, 0.1) is 5.92 Å². The number of nitrogens with zero attached hydrogens (tertiary/aromatic N) is 1. The summed E-state index contributed by atoms with van der Waals surface area (Å²) in [6, 6.07) is 8.15. The van der Waals surface area contributed by atoms with Crippen LogP contribution in [-0.4, -0.2) is 14.9 Å². The number of fused-ring (bicyclic) bond motifs is 1. The van der Waals surface area contributed by atoms with E-state index in [1.54, 1.807) is 6.08 Å². The van der Waals surface area contributed by atoms with E-state index in [-0.39, 0.29) is 10.4 Å². The summed E-state index contributed by atoms with van der Waals surface area (Å²) in [7, 11) is 0. The Hall–Kier alpha value is -2.01. The monoisotopic (exact) mass is 328 g/mol. The molecule has 0 aliphatic carbocycles. The lowest BCUT2D eigenvalue weighted by molar-refractivity contribution is -0.107. The number of thioether (sulfide) groups is 1. The SMILES string of the molecule is CCC(CC)Cn1ccc2c(C=C3NC(=O)SC3=O)cccc21. The summed E-state index contributed by atoms with van der Waals surface area (Å²) >= 11 is 0.710. The standard InChI is InChI=1S/C18H20N2O2S/c1-3-12(4-2)11-20-9-8-14-13(6-5-7-16(14)20)10-15-17(21)23-18(22)19-15/h5-10,12H,3-4,11H2,1-2H3,(H,19,22). The molecule has 3 rings (SSSR count). The smallest absolute Gasteiger partial charge is 0.291 e. The van der Waals surface area contributed by atoms with Crippen molar-refractivity contribution in [3.05, 3.63) is 41.7 Å². The molecule has 23 heavy (non-hydrogen) atoms. The molecule has 1 aromatic heterocycles. The fraction of sp³-hybridized carbons (Fsp3) is 0.333. The number of aromatic nitrogens is 1. The summed E-state index contributed by atoms with van der Waals surface area (Å²) in [5.74, 6) is 0.666. The Kier molecular flexibility index (Phi) is 4.57. The number of nitrogens with one attached hydrogen (secondary N) is 1. The van der Waals surface area contributed by atoms with Crippen molar-refractivity contribution in [1.82, 2.24) is 9.88 Å². The van der Waals surface area contributed by atoms with Crippen molar-refractivity contribution in [2.24, 2.45) is 5.92 Å². The predicted molar refractivity (Wildman–Crippen MR) is 95.1 cm³/mol. The Morgan fingerprint density at radius 3 is 2.65 bits per heavy atom. The summed E-state index contributed by atoms with van der Waals surface area (Å²) in [5.41, 5.74) is 2.48. The van der Waals surface area contributed by atoms with E-state index in [1.807, 2.05) is 12.1 Å². The zero-order valence-electron chi connectivity index (χ0n) is 13.3. The Morgan fingerprint density at radius 2 is 2.00 bits per heavy atom. The second kappa shape index (κ2) is 6.62. The molecule has 1 N–H and O–H groups in total. The Balaban J connectivity index is 1.97. The third-order valence-electron chi connectivity index (χ3n) is 4.40. The molecule has 1 aliphatic heterocycles. The maximum atomic E-state index is 11.8. The number of carbonyl (C=O) groups excluding carboxylic acids is 2. The van der Waals surface area contributed by atoms with E-state index in [1.165, 1.54) is 0 Å². The summed E-state index contributed by atoms with van der Waals surface area (Å²) < 4.78 is 2.28. The molecular formula is C18H20N2O2S. The molecule has 2 aromatic rings. The number of amides is 1. The summed E-state index contributed by atoms with van der Waals surface area (Å²) in [6.45, 7) is 5.45. The van der Waals surface area contributed by atoms with Gasteiger partial charge in [0.25, 0.3) is 5.24 Å². The van der Waals surface area contributed by atoms with Crippen LogP contribution in [0.2, 0.25) is 0 Å². The first-order valence-corrected chi connectivity index (χ1v) is 8.76. The van der Waals surface area contributed by atoms with Crippen molar-refractivity contribution < 1.29 is 9.59 Å². The van der Waals surface area contributed by atoms with Gasteiger partial charge < -0.3 is 9.88 Å². The lowest BCUT2D eigenvalue weighted by atomic mass is 10.0. The van der Waals surface area contributed by atoms with Gasteiger partial charge in [-0.1, -0.05) is 38.8 Å². The predicted octanol–water partition coefficient (Wildman–Crippen LogP) is 4.40. The minimum atomic E-state index is -0.306. The second-order valence-corrected chi connectivity index (χ2v) is 6.74. The van der Waals surface area contributed by atoms with E-state index in [4.69, 9.17) is 0 Å². The van der Waals surface area contributed by atoms with Crippen LogP contribution in [0.15, 0.2) is 36.2 Å². The molecule has 1 fully saturated rings. The van der Waals surface area contributed by atoms with E-state index >= 15 is 0 Å². The molecule has 2 heterocycles. The van der Waals surface area contributed by atoms with E-state index in [0.29, 0.717) is 23.4 Å². The summed E-state index contributed by atoms with van der Waals surface area (Å²) in [4.78, 5) is 23.1. The molecule has 120 valence electrons. The number of hydrogen-bond donors (Lipinski definition) is 1. The van der Waals surface area contributed by atoms with Gasteiger partial charge in [-0.25, -0.2) is 0 Å². The minimum Gasteiger partial charge on any atom is -0.347 e. The topological polar surface area (TPSA) is 51.1 Å². The molecule has 0 unspecified atom stereocenters. The first kappa shape index (κ1) is 15.9. The highest BCUT2D eigenvalue weighted by atomic mass is 32.2. The van der Waals surface area contributed by atoms with Gasteiger partial charge >= 0.3 is 0 Å². The van der Waals surface area contributed by atoms with Crippen LogP contribution in [0.1, 0.15) is 32.3 Å². The Bertz CT molecular complexity index is 787. The Labute approximate surface area is 139 Å². The molecule has 5 heteroatoms. The summed E-state index contributed by atoms with van der Waals surface area (Å²) in [6.07, 6.45) is 6.20. The fourth-order valence-corrected chi connectivity index (χ4v) is 3.48. The molecule has 1 aliphatic rings. The van der Waals surface area contributed by atoms with Crippen LogP contribution in [0.25, 0.3) is 17.0 Å². The quantitative estimate of drug-likeness (QED) is 0.828. The lowest BCUT2D eigenvalue weighted by Gasteiger charge is -2.14. The maximum absolute atomic E-state index is 11.8. The van der Waals surface area contributed by atoms with Crippen molar-refractivity contribution in [2.75, 3.05) is 0 Å². The highest BCUT2D eigenvalue weighted by molar-refractivity contribution is 8.27. The number of hydrogen-bond acceptors (Lipinski definition) is 3. The van der Waals surface area contributed by atoms with Crippen LogP contribution in [0.3, 0.4) is 0 Å². The van der Waals surface area contributed by atoms with Gasteiger partial charge in [-0.15, -0.1) is 0 Å². The van der Waals surface area contributed by atoms with Gasteiger partial charge in [0.15, 0.2) is 0 Å². The summed E-state index contributed by atoms with van der Waals surface area (Å²) in [5, 5.41) is 3.18. The van der Waals surface area contributed by atoms with Crippen LogP contribution in [0.4, 0.5) is 4.79 Å². The zero-order chi connectivity index (χ0) is 16.4. The van der Waals surface area contributed by atoms with Crippen molar-refractivity contribution in [3.63, 3.8) is 0 Å². The van der Waals surface area contributed by atoms with Crippen molar-refractivity contribution in [3.8, 4) is 0 Å². The highest BCUT2D eigenvalue weighted by Gasteiger charge is 2.25. The third-order valence-corrected chi connectivity index (χ3v) is 5.09. The highest BCUT2D eigenvalue weighted by Crippen LogP contribution is 2.26. The minimum absolute atomic E-state index is 0.219. The van der Waals surface area contributed by atoms with Gasteiger partial charge in [-0.05, 0) is 29.7 Å². The van der Waals surface area contributed by atoms with Gasteiger partial charge in [0, 0.05) is 35.4 Å². The van der Waals surface area contributed by atoms with Crippen molar-refractivity contribution in [1.29, 1.82) is 0 Å². The van der Waals surface area contributed by atoms with Gasteiger partial charge in [0.2, 0.25) is 5.12 Å². The van der Waals surface area contributed by atoms with E-state index in [2.05, 4.69) is 42.1 Å². The second-order valence-electron chi connectivity index (χ2n) is 5.79. The molecule has 0 atom stereocenters. The van der Waals surface area contributed by atoms with Gasteiger partial charge in [-0.3, -0.25) is 9.59 Å². The molecule has 0 radical (unpaired) electrons. The average Bonchev–Trinajstić information content (AvgIpc) is 3.09. The number of benzene rings is 1. The first-order valence-electron chi connectivity index (χ1n) is 7.95. The molecular weight excluding hydrogens is 308 g/mol. The lowest BCUT2D eigenvalue weighted by Crippen LogP contribution is -2.10. The molecule has 0 spiro atoms. The van der Waals surface area contributed by atoms with Crippen molar-refractivity contribution >= 4 is 39.1 Å². The van der Waals surface area contributed by atoms with E-state index in [0.717, 1.165) is 35.9 Å². The van der Waals surface area contributed by atoms with E-state index < -0.39 is 0 Å². The number of carbonyl (C=O) groups is 2. The molecule has 0 bridgehead atoms. The van der Waals surface area contributed by atoms with Crippen LogP contribution in [0.5, 0.6) is 0 Å². The molecule has 4 nitrogen and oxygen atoms in total. The largest absolute Gasteiger partial charge is 0.347 e. The fourth-order valence-electron chi connectivity index (χ4n) is 2.93. The molecule has 0 saturated carbocycles.